The summed E-state index contributed by atoms with van der Waals surface area (Å²) in [6, 6.07) is 11.4. The van der Waals surface area contributed by atoms with Gasteiger partial charge in [0, 0.05) is 22.1 Å². The van der Waals surface area contributed by atoms with Gasteiger partial charge in [-0.15, -0.1) is 0 Å². The molecule has 2 amide bonds. The lowest BCUT2D eigenvalue weighted by Crippen LogP contribution is -2.52. The van der Waals surface area contributed by atoms with Crippen molar-refractivity contribution in [2.24, 2.45) is 0 Å². The maximum absolute atomic E-state index is 13.5. The van der Waals surface area contributed by atoms with Crippen LogP contribution < -0.4 is 9.62 Å². The Balaban J connectivity index is 2.42. The smallest absolute Gasteiger partial charge is 0.244 e. The quantitative estimate of drug-likeness (QED) is 0.454. The molecule has 0 heterocycles. The number of amides is 2. The van der Waals surface area contributed by atoms with Crippen LogP contribution in [0, 0.1) is 6.92 Å². The highest BCUT2D eigenvalue weighted by Crippen LogP contribution is 2.27. The van der Waals surface area contributed by atoms with E-state index < -0.39 is 28.5 Å². The molecule has 0 aliphatic carbocycles. The lowest BCUT2D eigenvalue weighted by atomic mass is 10.1. The molecule has 186 valence electrons. The topological polar surface area (TPSA) is 86.8 Å². The summed E-state index contributed by atoms with van der Waals surface area (Å²) in [4.78, 5) is 27.8. The van der Waals surface area contributed by atoms with Crippen molar-refractivity contribution < 1.29 is 18.0 Å². The summed E-state index contributed by atoms with van der Waals surface area (Å²) in [5.41, 5.74) is 1.79. The molecule has 0 radical (unpaired) electrons. The number of hydrogen-bond donors (Lipinski definition) is 1. The molecule has 2 atom stereocenters. The second-order valence-electron chi connectivity index (χ2n) is 8.34. The molecule has 2 aromatic carbocycles. The number of carbonyl (C=O) groups is 2. The maximum Gasteiger partial charge on any atom is 0.244 e. The molecule has 0 saturated heterocycles. The summed E-state index contributed by atoms with van der Waals surface area (Å²) in [5.74, 6) is -0.802. The zero-order chi connectivity index (χ0) is 25.6. The normalized spacial score (nSPS) is 13.1. The second kappa shape index (κ2) is 12.0. The third-order valence-electron chi connectivity index (χ3n) is 5.55. The third kappa shape index (κ3) is 7.71. The average molecular weight is 573 g/mol. The van der Waals surface area contributed by atoms with E-state index in [1.54, 1.807) is 26.0 Å². The fraction of sp³-hybridized carbons (Fsp3) is 0.417. The molecule has 0 aliphatic rings. The van der Waals surface area contributed by atoms with Gasteiger partial charge in [-0.05, 0) is 62.6 Å². The molecular weight excluding hydrogens is 542 g/mol. The van der Waals surface area contributed by atoms with Gasteiger partial charge in [-0.2, -0.15) is 0 Å². The van der Waals surface area contributed by atoms with E-state index in [1.165, 1.54) is 11.0 Å². The van der Waals surface area contributed by atoms with Crippen molar-refractivity contribution in [1.29, 1.82) is 0 Å². The van der Waals surface area contributed by atoms with E-state index in [9.17, 15) is 18.0 Å². The van der Waals surface area contributed by atoms with Crippen LogP contribution in [0.2, 0.25) is 5.02 Å². The Morgan fingerprint density at radius 1 is 1.12 bits per heavy atom. The highest BCUT2D eigenvalue weighted by atomic mass is 79.9. The molecule has 7 nitrogen and oxygen atoms in total. The van der Waals surface area contributed by atoms with Gasteiger partial charge < -0.3 is 10.2 Å². The van der Waals surface area contributed by atoms with Gasteiger partial charge in [-0.1, -0.05) is 52.7 Å². The summed E-state index contributed by atoms with van der Waals surface area (Å²) >= 11 is 9.50. The van der Waals surface area contributed by atoms with Crippen LogP contribution in [0.15, 0.2) is 46.9 Å². The Kier molecular flexibility index (Phi) is 9.96. The molecule has 0 bridgehead atoms. The van der Waals surface area contributed by atoms with Crippen LogP contribution in [0.4, 0.5) is 5.69 Å². The SMILES string of the molecule is CC[C@H](C)NC(=O)[C@H](C)N(Cc1ccc(Br)cc1)C(=O)CN(c1cc(Cl)ccc1C)S(C)(=O)=O. The van der Waals surface area contributed by atoms with Gasteiger partial charge in [0.25, 0.3) is 0 Å². The number of aryl methyl sites for hydroxylation is 1. The number of halogens is 2. The molecule has 2 rings (SSSR count). The van der Waals surface area contributed by atoms with Crippen LogP contribution in [0.25, 0.3) is 0 Å². The van der Waals surface area contributed by atoms with Crippen LogP contribution >= 0.6 is 27.5 Å². The van der Waals surface area contributed by atoms with Gasteiger partial charge in [-0.25, -0.2) is 8.42 Å². The van der Waals surface area contributed by atoms with Crippen molar-refractivity contribution in [1.82, 2.24) is 10.2 Å². The first-order chi connectivity index (χ1) is 15.8. The number of benzene rings is 2. The van der Waals surface area contributed by atoms with Gasteiger partial charge >= 0.3 is 0 Å². The summed E-state index contributed by atoms with van der Waals surface area (Å²) in [7, 11) is -3.81. The van der Waals surface area contributed by atoms with Crippen molar-refractivity contribution in [3.8, 4) is 0 Å². The van der Waals surface area contributed by atoms with E-state index in [4.69, 9.17) is 11.6 Å². The number of anilines is 1. The van der Waals surface area contributed by atoms with Crippen molar-refractivity contribution in [3.05, 3.63) is 63.1 Å². The monoisotopic (exact) mass is 571 g/mol. The molecule has 0 unspecified atom stereocenters. The van der Waals surface area contributed by atoms with E-state index in [0.29, 0.717) is 16.3 Å². The summed E-state index contributed by atoms with van der Waals surface area (Å²) < 4.78 is 27.2. The van der Waals surface area contributed by atoms with Gasteiger partial charge in [0.1, 0.15) is 12.6 Å². The minimum absolute atomic E-state index is 0.0544. The van der Waals surface area contributed by atoms with Gasteiger partial charge in [0.2, 0.25) is 21.8 Å². The van der Waals surface area contributed by atoms with Crippen LogP contribution in [0.3, 0.4) is 0 Å². The minimum Gasteiger partial charge on any atom is -0.352 e. The first kappa shape index (κ1) is 28.1. The summed E-state index contributed by atoms with van der Waals surface area (Å²) in [5, 5.41) is 3.26. The predicted octanol–water partition coefficient (Wildman–Crippen LogP) is 4.51. The Morgan fingerprint density at radius 2 is 1.74 bits per heavy atom. The second-order valence-corrected chi connectivity index (χ2v) is 11.6. The van der Waals surface area contributed by atoms with Crippen LogP contribution in [-0.2, 0) is 26.2 Å². The fourth-order valence-corrected chi connectivity index (χ4v) is 4.61. The highest BCUT2D eigenvalue weighted by Gasteiger charge is 2.31. The van der Waals surface area contributed by atoms with Crippen LogP contribution in [0.1, 0.15) is 38.3 Å². The minimum atomic E-state index is -3.81. The fourth-order valence-electron chi connectivity index (χ4n) is 3.28. The van der Waals surface area contributed by atoms with Gasteiger partial charge in [-0.3, -0.25) is 13.9 Å². The van der Waals surface area contributed by atoms with E-state index in [1.807, 2.05) is 38.1 Å². The number of rotatable bonds is 10. The van der Waals surface area contributed by atoms with Crippen LogP contribution in [0.5, 0.6) is 0 Å². The Hall–Kier alpha value is -2.10. The number of nitrogens with zero attached hydrogens (tertiary/aromatic N) is 2. The predicted molar refractivity (Wildman–Crippen MR) is 140 cm³/mol. The molecule has 0 aromatic heterocycles. The third-order valence-corrected chi connectivity index (χ3v) is 7.44. The Bertz CT molecular complexity index is 1130. The number of carbonyl (C=O) groups excluding carboxylic acids is 2. The Morgan fingerprint density at radius 3 is 2.29 bits per heavy atom. The van der Waals surface area contributed by atoms with E-state index in [2.05, 4.69) is 21.2 Å². The largest absolute Gasteiger partial charge is 0.352 e. The van der Waals surface area contributed by atoms with E-state index >= 15 is 0 Å². The summed E-state index contributed by atoms with van der Waals surface area (Å²) in [6.07, 6.45) is 1.79. The molecule has 0 fully saturated rings. The molecule has 0 saturated carbocycles. The highest BCUT2D eigenvalue weighted by molar-refractivity contribution is 9.10. The zero-order valence-corrected chi connectivity index (χ0v) is 23.2. The lowest BCUT2D eigenvalue weighted by molar-refractivity contribution is -0.139. The number of sulfonamides is 1. The van der Waals surface area contributed by atoms with Crippen LogP contribution in [-0.4, -0.2) is 50.0 Å². The lowest BCUT2D eigenvalue weighted by Gasteiger charge is -2.32. The maximum atomic E-state index is 13.5. The first-order valence-corrected chi connectivity index (χ1v) is 13.9. The molecule has 2 aromatic rings. The number of hydrogen-bond acceptors (Lipinski definition) is 4. The average Bonchev–Trinajstić information content (AvgIpc) is 2.77. The Labute approximate surface area is 215 Å². The first-order valence-electron chi connectivity index (χ1n) is 10.9. The molecule has 10 heteroatoms. The molecule has 0 spiro atoms. The number of nitrogens with one attached hydrogen (secondary N) is 1. The standard InChI is InChI=1S/C24H31BrClN3O4S/c1-6-17(3)27-24(31)18(4)28(14-19-8-10-20(25)11-9-19)23(30)15-29(34(5,32)33)22-13-21(26)12-7-16(22)2/h7-13,17-18H,6,14-15H2,1-5H3,(H,27,31)/t17-,18-/m0/s1. The van der Waals surface area contributed by atoms with Gasteiger partial charge in [0.15, 0.2) is 0 Å². The molecule has 34 heavy (non-hydrogen) atoms. The van der Waals surface area contributed by atoms with E-state index in [-0.39, 0.29) is 18.5 Å². The molecule has 1 N–H and O–H groups in total. The summed E-state index contributed by atoms with van der Waals surface area (Å²) in [6.45, 7) is 6.92. The molecule has 0 aliphatic heterocycles. The van der Waals surface area contributed by atoms with Crippen molar-refractivity contribution >= 4 is 55.1 Å². The van der Waals surface area contributed by atoms with Crippen molar-refractivity contribution in [2.45, 2.75) is 52.7 Å². The van der Waals surface area contributed by atoms with Gasteiger partial charge in [0.05, 0.1) is 11.9 Å². The zero-order valence-electron chi connectivity index (χ0n) is 20.0. The van der Waals surface area contributed by atoms with Crippen molar-refractivity contribution in [3.63, 3.8) is 0 Å². The van der Waals surface area contributed by atoms with E-state index in [0.717, 1.165) is 27.0 Å². The van der Waals surface area contributed by atoms with Crippen molar-refractivity contribution in [2.75, 3.05) is 17.1 Å². The molecular formula is C24H31BrClN3O4S.